The Bertz CT molecular complexity index is 1620. The minimum atomic E-state index is 0.283. The van der Waals surface area contributed by atoms with E-state index >= 15 is 0 Å². The summed E-state index contributed by atoms with van der Waals surface area (Å²) >= 11 is 0. The summed E-state index contributed by atoms with van der Waals surface area (Å²) in [5.41, 5.74) is 9.67. The van der Waals surface area contributed by atoms with Gasteiger partial charge in [0.05, 0.1) is 43.6 Å². The number of nitrogens with zero attached hydrogens (tertiary/aromatic N) is 3. The largest absolute Gasteiger partial charge is 0.497 e. The van der Waals surface area contributed by atoms with Crippen molar-refractivity contribution in [3.8, 4) is 5.75 Å². The van der Waals surface area contributed by atoms with Gasteiger partial charge in [-0.2, -0.15) is 0 Å². The van der Waals surface area contributed by atoms with Gasteiger partial charge >= 0.3 is 0 Å². The molecule has 7 heteroatoms. The second-order valence-corrected chi connectivity index (χ2v) is 13.6. The molecule has 240 valence electrons. The maximum Gasteiger partial charge on any atom is 0.119 e. The van der Waals surface area contributed by atoms with Crippen molar-refractivity contribution in [3.63, 3.8) is 0 Å². The molecule has 1 N–H and O–H groups in total. The van der Waals surface area contributed by atoms with E-state index in [1.165, 1.54) is 38.6 Å². The van der Waals surface area contributed by atoms with Crippen LogP contribution in [-0.2, 0) is 35.5 Å². The van der Waals surface area contributed by atoms with Crippen molar-refractivity contribution in [2.45, 2.75) is 90.6 Å². The Morgan fingerprint density at radius 1 is 0.822 bits per heavy atom. The number of fused-ring (bicyclic) bond motifs is 2. The summed E-state index contributed by atoms with van der Waals surface area (Å²) in [4.78, 5) is 12.3. The highest BCUT2D eigenvalue weighted by molar-refractivity contribution is 5.88. The third kappa shape index (κ3) is 7.17. The minimum Gasteiger partial charge on any atom is -0.497 e. The molecular weight excluding hydrogens is 560 g/mol. The lowest BCUT2D eigenvalue weighted by Gasteiger charge is -2.29. The van der Waals surface area contributed by atoms with Crippen LogP contribution < -0.4 is 10.1 Å². The highest BCUT2D eigenvalue weighted by atomic mass is 16.5. The van der Waals surface area contributed by atoms with Crippen LogP contribution in [0.25, 0.3) is 21.8 Å². The molecule has 6 rings (SSSR count). The van der Waals surface area contributed by atoms with Crippen molar-refractivity contribution in [3.05, 3.63) is 76.1 Å². The zero-order chi connectivity index (χ0) is 31.5. The lowest BCUT2D eigenvalue weighted by atomic mass is 9.89. The van der Waals surface area contributed by atoms with E-state index in [0.29, 0.717) is 31.2 Å². The number of likely N-dealkylation sites (tertiary alicyclic amines) is 1. The molecule has 0 aliphatic carbocycles. The molecule has 2 aromatic carbocycles. The average molecular weight is 611 g/mol. The van der Waals surface area contributed by atoms with Gasteiger partial charge in [-0.1, -0.05) is 33.8 Å². The van der Waals surface area contributed by atoms with Gasteiger partial charge in [-0.15, -0.1) is 0 Å². The standard InChI is InChI=1S/C38H50N4O3/c1-24(2)33-9-12-40-37-28(22-45-32-20-39-21-32)15-26(16-34(33)37)7-8-27-19-41-38-29(23-44-30-10-13-42(5)14-11-30)17-31(43-6)18-35(38)36(27)25(3)4/h9,12,15-19,24-25,30,32,39H,7-8,10-11,13-14,20-23H2,1-6H3. The molecule has 2 fully saturated rings. The number of aromatic nitrogens is 2. The average Bonchev–Trinajstić information content (AvgIpc) is 3.01. The molecule has 0 atom stereocenters. The van der Waals surface area contributed by atoms with Crippen LogP contribution in [0.1, 0.15) is 85.8 Å². The second kappa shape index (κ2) is 14.1. The van der Waals surface area contributed by atoms with Crippen LogP contribution >= 0.6 is 0 Å². The summed E-state index contributed by atoms with van der Waals surface area (Å²) in [5, 5.41) is 5.73. The molecule has 4 aromatic rings. The highest BCUT2D eigenvalue weighted by Crippen LogP contribution is 2.35. The van der Waals surface area contributed by atoms with Crippen molar-refractivity contribution < 1.29 is 14.2 Å². The number of ether oxygens (including phenoxy) is 3. The fraction of sp³-hybridized carbons (Fsp3) is 0.526. The lowest BCUT2D eigenvalue weighted by molar-refractivity contribution is 0.00250. The summed E-state index contributed by atoms with van der Waals surface area (Å²) in [6, 6.07) is 11.1. The fourth-order valence-electron chi connectivity index (χ4n) is 6.92. The lowest BCUT2D eigenvalue weighted by Crippen LogP contribution is -2.48. The molecule has 0 spiro atoms. The van der Waals surface area contributed by atoms with Gasteiger partial charge in [0.15, 0.2) is 0 Å². The fourth-order valence-corrected chi connectivity index (χ4v) is 6.92. The van der Waals surface area contributed by atoms with Crippen LogP contribution in [0.5, 0.6) is 5.75 Å². The third-order valence-electron chi connectivity index (χ3n) is 9.64. The van der Waals surface area contributed by atoms with Crippen LogP contribution in [0.2, 0.25) is 0 Å². The molecule has 0 amide bonds. The number of rotatable bonds is 12. The van der Waals surface area contributed by atoms with Gasteiger partial charge in [0.1, 0.15) is 5.75 Å². The summed E-state index contributed by atoms with van der Waals surface area (Å²) < 4.78 is 18.5. The van der Waals surface area contributed by atoms with Crippen LogP contribution in [0, 0.1) is 0 Å². The van der Waals surface area contributed by atoms with Gasteiger partial charge in [0, 0.05) is 60.5 Å². The summed E-state index contributed by atoms with van der Waals surface area (Å²) in [6.45, 7) is 14.2. The predicted octanol–water partition coefficient (Wildman–Crippen LogP) is 6.92. The zero-order valence-corrected chi connectivity index (χ0v) is 28.0. The summed E-state index contributed by atoms with van der Waals surface area (Å²) in [7, 11) is 3.93. The van der Waals surface area contributed by atoms with Crippen molar-refractivity contribution in [1.82, 2.24) is 20.2 Å². The van der Waals surface area contributed by atoms with E-state index in [-0.39, 0.29) is 6.10 Å². The first-order valence-corrected chi connectivity index (χ1v) is 16.8. The predicted molar refractivity (Wildman–Crippen MR) is 182 cm³/mol. The SMILES string of the molecule is COc1cc(COC2CCN(C)CC2)c2ncc(CCc3cc(COC4CNC4)c4nccc(C(C)C)c4c3)c(C(C)C)c2c1. The Morgan fingerprint density at radius 3 is 2.20 bits per heavy atom. The molecule has 2 aliphatic rings. The first kappa shape index (κ1) is 31.9. The van der Waals surface area contributed by atoms with Crippen molar-refractivity contribution in [1.29, 1.82) is 0 Å². The topological polar surface area (TPSA) is 68.7 Å². The molecular formula is C38H50N4O3. The molecule has 0 radical (unpaired) electrons. The number of piperidine rings is 1. The molecule has 2 saturated heterocycles. The quantitative estimate of drug-likeness (QED) is 0.187. The number of aryl methyl sites for hydroxylation is 2. The molecule has 0 unspecified atom stereocenters. The van der Waals surface area contributed by atoms with Crippen molar-refractivity contribution in [2.24, 2.45) is 0 Å². The Kier molecular flexibility index (Phi) is 10.0. The monoisotopic (exact) mass is 610 g/mol. The summed E-state index contributed by atoms with van der Waals surface area (Å²) in [6.07, 6.45) is 8.60. The minimum absolute atomic E-state index is 0.283. The Morgan fingerprint density at radius 2 is 1.53 bits per heavy atom. The van der Waals surface area contributed by atoms with Gasteiger partial charge in [-0.3, -0.25) is 9.97 Å². The Balaban J connectivity index is 1.30. The molecule has 7 nitrogen and oxygen atoms in total. The van der Waals surface area contributed by atoms with E-state index in [2.05, 4.69) is 81.5 Å². The van der Waals surface area contributed by atoms with E-state index in [1.807, 2.05) is 6.20 Å². The van der Waals surface area contributed by atoms with Gasteiger partial charge in [0.25, 0.3) is 0 Å². The van der Waals surface area contributed by atoms with Gasteiger partial charge in [0.2, 0.25) is 0 Å². The number of methoxy groups -OCH3 is 1. The molecule has 45 heavy (non-hydrogen) atoms. The molecule has 2 aliphatic heterocycles. The number of pyridine rings is 2. The van der Waals surface area contributed by atoms with Crippen LogP contribution in [0.3, 0.4) is 0 Å². The van der Waals surface area contributed by atoms with E-state index in [9.17, 15) is 0 Å². The molecule has 0 bridgehead atoms. The van der Waals surface area contributed by atoms with Crippen LogP contribution in [0.15, 0.2) is 42.7 Å². The maximum absolute atomic E-state index is 6.44. The second-order valence-electron chi connectivity index (χ2n) is 13.6. The number of hydrogen-bond acceptors (Lipinski definition) is 7. The Hall–Kier alpha value is -3.10. The van der Waals surface area contributed by atoms with E-state index in [1.54, 1.807) is 7.11 Å². The van der Waals surface area contributed by atoms with Crippen molar-refractivity contribution >= 4 is 21.8 Å². The maximum atomic E-state index is 6.44. The molecule has 4 heterocycles. The van der Waals surface area contributed by atoms with E-state index in [4.69, 9.17) is 24.2 Å². The first-order valence-electron chi connectivity index (χ1n) is 16.8. The van der Waals surface area contributed by atoms with Crippen molar-refractivity contribution in [2.75, 3.05) is 40.3 Å². The molecule has 2 aromatic heterocycles. The number of hydrogen-bond donors (Lipinski definition) is 1. The van der Waals surface area contributed by atoms with Crippen LogP contribution in [-0.4, -0.2) is 67.4 Å². The Labute approximate surface area is 268 Å². The van der Waals surface area contributed by atoms with Gasteiger partial charge in [-0.25, -0.2) is 0 Å². The number of nitrogens with one attached hydrogen (secondary N) is 1. The first-order chi connectivity index (χ1) is 21.8. The zero-order valence-electron chi connectivity index (χ0n) is 28.0. The van der Waals surface area contributed by atoms with E-state index < -0.39 is 0 Å². The smallest absolute Gasteiger partial charge is 0.119 e. The summed E-state index contributed by atoms with van der Waals surface area (Å²) in [5.74, 6) is 1.62. The van der Waals surface area contributed by atoms with Gasteiger partial charge in [-0.05, 0) is 91.1 Å². The van der Waals surface area contributed by atoms with E-state index in [0.717, 1.165) is 74.2 Å². The number of benzene rings is 2. The third-order valence-corrected chi connectivity index (χ3v) is 9.64. The van der Waals surface area contributed by atoms with Crippen LogP contribution in [0.4, 0.5) is 0 Å². The highest BCUT2D eigenvalue weighted by Gasteiger charge is 2.21. The molecule has 0 saturated carbocycles. The van der Waals surface area contributed by atoms with Gasteiger partial charge < -0.3 is 24.4 Å². The normalized spacial score (nSPS) is 16.7.